The predicted molar refractivity (Wildman–Crippen MR) is 88.6 cm³/mol. The van der Waals surface area contributed by atoms with E-state index in [1.54, 1.807) is 0 Å². The third-order valence-corrected chi connectivity index (χ3v) is 3.59. The minimum absolute atomic E-state index is 0.644. The van der Waals surface area contributed by atoms with Crippen LogP contribution in [0.5, 0.6) is 0 Å². The molecule has 5 heteroatoms. The summed E-state index contributed by atoms with van der Waals surface area (Å²) in [6.07, 6.45) is 1.54. The van der Waals surface area contributed by atoms with Gasteiger partial charge in [-0.15, -0.1) is 0 Å². The molecular weight excluding hydrogens is 284 g/mol. The van der Waals surface area contributed by atoms with Crippen LogP contribution in [0.4, 0.5) is 17.2 Å². The van der Waals surface area contributed by atoms with Crippen molar-refractivity contribution in [1.82, 2.24) is 9.97 Å². The Morgan fingerprint density at radius 2 is 1.95 bits per heavy atom. The molecule has 2 aromatic carbocycles. The maximum absolute atomic E-state index is 6.19. The standard InChI is InChI=1S/C16H15ClN4/c1-10-4-3-5-11(6-10)21-16-12-7-15(18-2)13(17)8-14(12)19-9-20-16/h3-9,18H,1-2H3,(H,19,20,21). The van der Waals surface area contributed by atoms with Gasteiger partial charge in [-0.05, 0) is 36.8 Å². The molecule has 0 fully saturated rings. The summed E-state index contributed by atoms with van der Waals surface area (Å²) in [4.78, 5) is 8.62. The number of nitrogens with zero attached hydrogens (tertiary/aromatic N) is 2. The van der Waals surface area contributed by atoms with Gasteiger partial charge in [-0.3, -0.25) is 0 Å². The SMILES string of the molecule is CNc1cc2c(Nc3cccc(C)c3)ncnc2cc1Cl. The maximum Gasteiger partial charge on any atom is 0.141 e. The van der Waals surface area contributed by atoms with Gasteiger partial charge in [0.1, 0.15) is 12.1 Å². The molecule has 2 N–H and O–H groups in total. The smallest absolute Gasteiger partial charge is 0.141 e. The van der Waals surface area contributed by atoms with E-state index in [1.165, 1.54) is 11.9 Å². The molecule has 0 aliphatic rings. The molecule has 0 bridgehead atoms. The van der Waals surface area contributed by atoms with Crippen LogP contribution in [0.1, 0.15) is 5.56 Å². The van der Waals surface area contributed by atoms with Crippen LogP contribution < -0.4 is 10.6 Å². The van der Waals surface area contributed by atoms with Crippen LogP contribution in [0.15, 0.2) is 42.7 Å². The number of anilines is 3. The maximum atomic E-state index is 6.19. The number of aromatic nitrogens is 2. The second-order valence-corrected chi connectivity index (χ2v) is 5.22. The summed E-state index contributed by atoms with van der Waals surface area (Å²) in [5, 5.41) is 7.98. The summed E-state index contributed by atoms with van der Waals surface area (Å²) in [5.41, 5.74) is 3.85. The lowest BCUT2D eigenvalue weighted by molar-refractivity contribution is 1.22. The Bertz CT molecular complexity index is 801. The van der Waals surface area contributed by atoms with Crippen molar-refractivity contribution in [3.05, 3.63) is 53.3 Å². The average Bonchev–Trinajstić information content (AvgIpc) is 2.47. The van der Waals surface area contributed by atoms with Crippen molar-refractivity contribution in [2.45, 2.75) is 6.92 Å². The zero-order chi connectivity index (χ0) is 14.8. The van der Waals surface area contributed by atoms with E-state index >= 15 is 0 Å². The minimum Gasteiger partial charge on any atom is -0.387 e. The van der Waals surface area contributed by atoms with Crippen LogP contribution in [0.25, 0.3) is 10.9 Å². The van der Waals surface area contributed by atoms with Gasteiger partial charge in [0.25, 0.3) is 0 Å². The largest absolute Gasteiger partial charge is 0.387 e. The van der Waals surface area contributed by atoms with E-state index in [2.05, 4.69) is 39.7 Å². The number of hydrogen-bond acceptors (Lipinski definition) is 4. The summed E-state index contributed by atoms with van der Waals surface area (Å²) in [5.74, 6) is 0.763. The first-order chi connectivity index (χ1) is 10.2. The fourth-order valence-electron chi connectivity index (χ4n) is 2.23. The second-order valence-electron chi connectivity index (χ2n) is 4.82. The van der Waals surface area contributed by atoms with E-state index in [4.69, 9.17) is 11.6 Å². The van der Waals surface area contributed by atoms with E-state index in [-0.39, 0.29) is 0 Å². The molecule has 0 unspecified atom stereocenters. The summed E-state index contributed by atoms with van der Waals surface area (Å²) in [6, 6.07) is 11.9. The van der Waals surface area contributed by atoms with Crippen molar-refractivity contribution in [2.75, 3.05) is 17.7 Å². The van der Waals surface area contributed by atoms with Gasteiger partial charge in [-0.2, -0.15) is 0 Å². The Morgan fingerprint density at radius 3 is 2.71 bits per heavy atom. The van der Waals surface area contributed by atoms with E-state index in [0.29, 0.717) is 5.02 Å². The van der Waals surface area contributed by atoms with Gasteiger partial charge in [0, 0.05) is 18.1 Å². The van der Waals surface area contributed by atoms with Crippen LogP contribution in [0.2, 0.25) is 5.02 Å². The van der Waals surface area contributed by atoms with Gasteiger partial charge in [-0.1, -0.05) is 23.7 Å². The van der Waals surface area contributed by atoms with Gasteiger partial charge in [0.15, 0.2) is 0 Å². The normalized spacial score (nSPS) is 10.6. The zero-order valence-electron chi connectivity index (χ0n) is 11.8. The molecule has 1 aromatic heterocycles. The lowest BCUT2D eigenvalue weighted by atomic mass is 10.2. The Hall–Kier alpha value is -2.33. The summed E-state index contributed by atoms with van der Waals surface area (Å²) < 4.78 is 0. The molecular formula is C16H15ClN4. The highest BCUT2D eigenvalue weighted by molar-refractivity contribution is 6.34. The zero-order valence-corrected chi connectivity index (χ0v) is 12.6. The Labute approximate surface area is 128 Å². The van der Waals surface area contributed by atoms with Crippen molar-refractivity contribution in [1.29, 1.82) is 0 Å². The molecule has 21 heavy (non-hydrogen) atoms. The molecule has 0 aliphatic carbocycles. The number of halogens is 1. The number of aryl methyl sites for hydroxylation is 1. The Balaban J connectivity index is 2.09. The van der Waals surface area contributed by atoms with Gasteiger partial charge < -0.3 is 10.6 Å². The second kappa shape index (κ2) is 5.58. The lowest BCUT2D eigenvalue weighted by Crippen LogP contribution is -1.97. The minimum atomic E-state index is 0.644. The van der Waals surface area contributed by atoms with Gasteiger partial charge in [0.05, 0.1) is 16.2 Å². The highest BCUT2D eigenvalue weighted by Gasteiger charge is 2.08. The molecule has 4 nitrogen and oxygen atoms in total. The van der Waals surface area contributed by atoms with E-state index in [0.717, 1.165) is 28.1 Å². The fraction of sp³-hybridized carbons (Fsp3) is 0.125. The molecule has 1 heterocycles. The van der Waals surface area contributed by atoms with Crippen LogP contribution in [0, 0.1) is 6.92 Å². The van der Waals surface area contributed by atoms with Crippen molar-refractivity contribution in [2.24, 2.45) is 0 Å². The average molecular weight is 299 g/mol. The molecule has 0 radical (unpaired) electrons. The first kappa shape index (κ1) is 13.6. The monoisotopic (exact) mass is 298 g/mol. The van der Waals surface area contributed by atoms with Gasteiger partial charge in [-0.25, -0.2) is 9.97 Å². The van der Waals surface area contributed by atoms with Crippen molar-refractivity contribution < 1.29 is 0 Å². The van der Waals surface area contributed by atoms with Crippen molar-refractivity contribution >= 4 is 39.7 Å². The summed E-state index contributed by atoms with van der Waals surface area (Å²) in [6.45, 7) is 2.06. The van der Waals surface area contributed by atoms with E-state index in [9.17, 15) is 0 Å². The summed E-state index contributed by atoms with van der Waals surface area (Å²) in [7, 11) is 1.84. The van der Waals surface area contributed by atoms with E-state index < -0.39 is 0 Å². The Kier molecular flexibility index (Phi) is 3.62. The van der Waals surface area contributed by atoms with Crippen LogP contribution >= 0.6 is 11.6 Å². The van der Waals surface area contributed by atoms with Crippen LogP contribution in [-0.4, -0.2) is 17.0 Å². The molecule has 106 valence electrons. The number of rotatable bonds is 3. The van der Waals surface area contributed by atoms with Crippen molar-refractivity contribution in [3.8, 4) is 0 Å². The quantitative estimate of drug-likeness (QED) is 0.753. The predicted octanol–water partition coefficient (Wildman–Crippen LogP) is 4.38. The number of fused-ring (bicyclic) bond motifs is 1. The fourth-order valence-corrected chi connectivity index (χ4v) is 2.48. The molecule has 3 rings (SSSR count). The number of benzene rings is 2. The number of hydrogen-bond donors (Lipinski definition) is 2. The first-order valence-electron chi connectivity index (χ1n) is 6.63. The lowest BCUT2D eigenvalue weighted by Gasteiger charge is -2.11. The highest BCUT2D eigenvalue weighted by atomic mass is 35.5. The van der Waals surface area contributed by atoms with Gasteiger partial charge >= 0.3 is 0 Å². The third kappa shape index (κ3) is 2.76. The molecule has 0 saturated heterocycles. The molecule has 0 aliphatic heterocycles. The highest BCUT2D eigenvalue weighted by Crippen LogP contribution is 2.31. The van der Waals surface area contributed by atoms with Gasteiger partial charge in [0.2, 0.25) is 0 Å². The van der Waals surface area contributed by atoms with Crippen molar-refractivity contribution in [3.63, 3.8) is 0 Å². The molecule has 3 aromatic rings. The first-order valence-corrected chi connectivity index (χ1v) is 7.01. The Morgan fingerprint density at radius 1 is 1.10 bits per heavy atom. The van der Waals surface area contributed by atoms with E-state index in [1.807, 2.05) is 31.3 Å². The molecule has 0 spiro atoms. The van der Waals surface area contributed by atoms with Crippen LogP contribution in [0.3, 0.4) is 0 Å². The molecule has 0 saturated carbocycles. The van der Waals surface area contributed by atoms with Crippen LogP contribution in [-0.2, 0) is 0 Å². The topological polar surface area (TPSA) is 49.8 Å². The molecule has 0 atom stereocenters. The molecule has 0 amide bonds. The summed E-state index contributed by atoms with van der Waals surface area (Å²) >= 11 is 6.19. The number of nitrogens with one attached hydrogen (secondary N) is 2. The third-order valence-electron chi connectivity index (χ3n) is 3.27.